The molecular weight excluding hydrogens is 1520 g/mol. The molecule has 0 spiro atoms. The fourth-order valence-corrected chi connectivity index (χ4v) is 13.4. The van der Waals surface area contributed by atoms with Crippen molar-refractivity contribution < 1.29 is 96.5 Å². The van der Waals surface area contributed by atoms with Gasteiger partial charge in [-0.1, -0.05) is 34.1 Å². The summed E-state index contributed by atoms with van der Waals surface area (Å²) >= 11 is 0. The zero-order valence-electron chi connectivity index (χ0n) is 67.7. The van der Waals surface area contributed by atoms with E-state index in [9.17, 15) is 96.5 Å². The summed E-state index contributed by atoms with van der Waals surface area (Å²) < 4.78 is 0. The molecule has 15 atom stereocenters. The van der Waals surface area contributed by atoms with Gasteiger partial charge in [-0.15, -0.1) is 0 Å². The predicted octanol–water partition coefficient (Wildman–Crippen LogP) is -7.09. The molecule has 0 saturated carbocycles. The molecule has 0 aromatic carbocycles. The number of aliphatic carboxylic acids is 2. The highest BCUT2D eigenvalue weighted by Crippen LogP contribution is 2.26. The summed E-state index contributed by atoms with van der Waals surface area (Å²) in [6.45, 7) is 11.2. The quantitative estimate of drug-likeness (QED) is 0.0153. The van der Waals surface area contributed by atoms with Gasteiger partial charge in [0.25, 0.3) is 0 Å². The van der Waals surface area contributed by atoms with Crippen LogP contribution in [0.3, 0.4) is 0 Å². The average molecular weight is 1650 g/mol. The number of nitrogens with two attached hydrogens (primary N) is 8. The summed E-state index contributed by atoms with van der Waals surface area (Å²) in [6.07, 6.45) is 1.64. The lowest BCUT2D eigenvalue weighted by Crippen LogP contribution is -2.61. The molecule has 3 heterocycles. The molecule has 3 rings (SSSR count). The Hall–Kier alpha value is -10.4. The van der Waals surface area contributed by atoms with Gasteiger partial charge in [0.2, 0.25) is 94.5 Å². The Bertz CT molecular complexity index is 3440. The molecule has 0 radical (unpaired) electrons. The van der Waals surface area contributed by atoms with Gasteiger partial charge >= 0.3 is 11.9 Å². The van der Waals surface area contributed by atoms with Crippen LogP contribution in [0.5, 0.6) is 0 Å². The monoisotopic (exact) mass is 1650 g/mol. The fraction of sp³-hybridized carbons (Fsp3) is 0.740. The van der Waals surface area contributed by atoms with Crippen molar-refractivity contribution in [2.75, 3.05) is 45.8 Å². The van der Waals surface area contributed by atoms with Crippen molar-refractivity contribution >= 4 is 112 Å². The molecule has 3 aliphatic heterocycles. The Kier molecular flexibility index (Phi) is 43.7. The minimum absolute atomic E-state index is 0.00650. The first-order chi connectivity index (χ1) is 54.7. The molecule has 3 aliphatic rings. The van der Waals surface area contributed by atoms with Gasteiger partial charge in [0.05, 0.1) is 6.04 Å². The van der Waals surface area contributed by atoms with Crippen molar-refractivity contribution in [1.82, 2.24) is 73.2 Å². The van der Waals surface area contributed by atoms with Crippen LogP contribution < -0.4 is 104 Å². The number of rotatable bonds is 53. The van der Waals surface area contributed by atoms with Gasteiger partial charge in [-0.2, -0.15) is 0 Å². The van der Waals surface area contributed by atoms with E-state index >= 15 is 0 Å². The maximum atomic E-state index is 14.8. The number of hydrogen-bond acceptors (Lipinski definition) is 23. The minimum Gasteiger partial charge on any atom is -0.481 e. The molecule has 3 fully saturated rings. The largest absolute Gasteiger partial charge is 0.481 e. The molecule has 116 heavy (non-hydrogen) atoms. The first-order valence-corrected chi connectivity index (χ1v) is 39.9. The number of carboxylic acid groups (broad SMARTS) is 2. The van der Waals surface area contributed by atoms with Gasteiger partial charge in [-0.3, -0.25) is 86.5 Å². The molecule has 43 nitrogen and oxygen atoms in total. The molecule has 3 saturated heterocycles. The van der Waals surface area contributed by atoms with Gasteiger partial charge < -0.3 is 129 Å². The van der Waals surface area contributed by atoms with E-state index in [1.165, 1.54) is 35.5 Å². The number of likely N-dealkylation sites (tertiary alicyclic amines) is 3. The van der Waals surface area contributed by atoms with Crippen LogP contribution in [0.25, 0.3) is 0 Å². The summed E-state index contributed by atoms with van der Waals surface area (Å²) in [4.78, 5) is 252. The summed E-state index contributed by atoms with van der Waals surface area (Å²) in [5.41, 5.74) is 45.1. The topological polar surface area (TPSA) is 710 Å². The van der Waals surface area contributed by atoms with Crippen LogP contribution in [0.4, 0.5) is 0 Å². The number of nitrogens with zero attached hydrogens (tertiary/aromatic N) is 4. The second-order valence-corrected chi connectivity index (χ2v) is 30.3. The third-order valence-electron chi connectivity index (χ3n) is 20.1. The Labute approximate surface area is 674 Å². The van der Waals surface area contributed by atoms with Crippen molar-refractivity contribution in [2.45, 2.75) is 287 Å². The van der Waals surface area contributed by atoms with E-state index in [1.54, 1.807) is 27.7 Å². The second kappa shape index (κ2) is 50.8. The van der Waals surface area contributed by atoms with Crippen molar-refractivity contribution in [1.29, 1.82) is 0 Å². The molecule has 0 aromatic rings. The molecule has 654 valence electrons. The van der Waals surface area contributed by atoms with Crippen LogP contribution in [0.2, 0.25) is 0 Å². The number of carboxylic acids is 2. The Balaban J connectivity index is 1.82. The summed E-state index contributed by atoms with van der Waals surface area (Å²) in [5, 5.41) is 47.3. The summed E-state index contributed by atoms with van der Waals surface area (Å²) in [7, 11) is 0. The van der Waals surface area contributed by atoms with Crippen LogP contribution in [0.15, 0.2) is 4.99 Å². The van der Waals surface area contributed by atoms with E-state index in [4.69, 9.17) is 45.9 Å². The lowest BCUT2D eigenvalue weighted by molar-refractivity contribution is -0.145. The van der Waals surface area contributed by atoms with Crippen LogP contribution in [0.1, 0.15) is 196 Å². The molecule has 0 aromatic heterocycles. The minimum atomic E-state index is -1.54. The number of hydrogen-bond donors (Lipinski definition) is 21. The first-order valence-electron chi connectivity index (χ1n) is 39.9. The molecule has 16 amide bonds. The highest BCUT2D eigenvalue weighted by molar-refractivity contribution is 6.01. The number of aliphatic imine (C=N–C) groups is 1. The SMILES string of the molecule is CC(C)[C@H](NC(=O)[C@H](CCCCN)NC(=O)[C@H](CCCN=C(N)N)NC(=O)[C@@H]1CCCN1C(=O)[C@H](CCCCN)NC(=O)[C@H](C)NC(=O)[C@H](CCC(N)=O)NC(=O)[C@@H]1CCCN1C(=O)[C@@H](NC(=O)[C@H]1CCCN1C(=O)[C@H](CCC(=O)O)NC(=O)[C@@H](N)CCCCN)C(C)C)C(=O)N[C@@H](C)C(=O)N[C@@H](C)C(=O)N[C@@H](CCC(N)=O)C(=O)O. The lowest BCUT2D eigenvalue weighted by Gasteiger charge is -2.33. The van der Waals surface area contributed by atoms with Crippen molar-refractivity contribution in [3.63, 3.8) is 0 Å². The Morgan fingerprint density at radius 2 is 0.707 bits per heavy atom. The van der Waals surface area contributed by atoms with Crippen LogP contribution in [-0.2, 0) is 86.3 Å². The molecule has 29 N–H and O–H groups in total. The van der Waals surface area contributed by atoms with Gasteiger partial charge in [0.1, 0.15) is 84.6 Å². The third kappa shape index (κ3) is 33.4. The van der Waals surface area contributed by atoms with Crippen LogP contribution >= 0.6 is 0 Å². The Morgan fingerprint density at radius 3 is 1.16 bits per heavy atom. The van der Waals surface area contributed by atoms with Crippen molar-refractivity contribution in [2.24, 2.45) is 62.7 Å². The van der Waals surface area contributed by atoms with Gasteiger partial charge in [-0.25, -0.2) is 4.79 Å². The number of carbonyl (C=O) groups is 18. The van der Waals surface area contributed by atoms with E-state index in [1.807, 2.05) is 0 Å². The highest BCUT2D eigenvalue weighted by Gasteiger charge is 2.45. The summed E-state index contributed by atoms with van der Waals surface area (Å²) in [5.74, 6) is -17.2. The van der Waals surface area contributed by atoms with Crippen molar-refractivity contribution in [3.05, 3.63) is 0 Å². The number of carbonyl (C=O) groups excluding carboxylic acids is 16. The molecule has 0 unspecified atom stereocenters. The van der Waals surface area contributed by atoms with Crippen LogP contribution in [0, 0.1) is 11.8 Å². The normalized spacial score (nSPS) is 18.3. The molecule has 0 aliphatic carbocycles. The van der Waals surface area contributed by atoms with Crippen molar-refractivity contribution in [3.8, 4) is 0 Å². The lowest BCUT2D eigenvalue weighted by atomic mass is 10.0. The highest BCUT2D eigenvalue weighted by atomic mass is 16.4. The number of unbranched alkanes of at least 4 members (excludes halogenated alkanes) is 3. The van der Waals surface area contributed by atoms with E-state index in [-0.39, 0.29) is 142 Å². The number of nitrogens with one attached hydrogen (secondary N) is 11. The summed E-state index contributed by atoms with van der Waals surface area (Å²) in [6, 6.07) is -19.9. The number of amides is 16. The zero-order chi connectivity index (χ0) is 87.2. The van der Waals surface area contributed by atoms with Crippen LogP contribution in [-0.4, -0.2) is 274 Å². The maximum absolute atomic E-state index is 14.8. The second-order valence-electron chi connectivity index (χ2n) is 30.3. The fourth-order valence-electron chi connectivity index (χ4n) is 13.4. The van der Waals surface area contributed by atoms with E-state index < -0.39 is 222 Å². The van der Waals surface area contributed by atoms with Gasteiger partial charge in [0, 0.05) is 45.4 Å². The smallest absolute Gasteiger partial charge is 0.326 e. The zero-order valence-corrected chi connectivity index (χ0v) is 67.7. The number of primary amides is 2. The molecular formula is C73H127N23O20. The standard InChI is InChI=1S/C73H127N23O20/c1-38(2)56(68(111)85-40(5)58(101)83-41(6)60(103)91-49(72(115)116)26-29-54(79)98)92-64(107)44(19-9-12-32-75)86-63(106)45(21-14-34-82-73(80)81)87-65(108)50-22-15-35-94(50)69(112)47(20-10-13-33-76)89-59(102)42(7)84-62(105)46(25-28-53(78)97)88-66(109)51-23-17-37-96(51)71(114)57(39(3)4)93-67(110)52-24-16-36-95(52)70(113)48(27-30-55(99)100)90-61(104)43(77)18-8-11-31-74/h38-52,56-57H,8-37,74-77H2,1-7H3,(H2,78,97)(H2,79,98)(H,83,101)(H,84,105)(H,85,111)(H,86,106)(H,87,108)(H,88,109)(H,89,102)(H,90,104)(H,91,103)(H,92,107)(H,93,110)(H,99,100)(H,115,116)(H4,80,81,82)/t40-,41-,42-,43-,44-,45-,46-,47-,48-,49-,50-,51-,52+,56-,57-/m0/s1. The predicted molar refractivity (Wildman–Crippen MR) is 420 cm³/mol. The van der Waals surface area contributed by atoms with E-state index in [2.05, 4.69) is 63.5 Å². The average Bonchev–Trinajstić information content (AvgIpc) is 1.63. The maximum Gasteiger partial charge on any atom is 0.326 e. The molecule has 0 bridgehead atoms. The third-order valence-corrected chi connectivity index (χ3v) is 20.1. The number of guanidine groups is 1. The van der Waals surface area contributed by atoms with E-state index in [0.29, 0.717) is 45.1 Å². The molecule has 43 heteroatoms. The van der Waals surface area contributed by atoms with Gasteiger partial charge in [-0.05, 0) is 174 Å². The van der Waals surface area contributed by atoms with E-state index in [0.717, 1.165) is 0 Å². The Morgan fingerprint density at radius 1 is 0.362 bits per heavy atom. The first kappa shape index (κ1) is 99.8. The van der Waals surface area contributed by atoms with Gasteiger partial charge in [0.15, 0.2) is 5.96 Å².